The van der Waals surface area contributed by atoms with Crippen LogP contribution in [0.3, 0.4) is 0 Å². The van der Waals surface area contributed by atoms with Crippen molar-refractivity contribution in [3.63, 3.8) is 0 Å². The quantitative estimate of drug-likeness (QED) is 0.172. The molecule has 53 heavy (non-hydrogen) atoms. The van der Waals surface area contributed by atoms with Gasteiger partial charge in [-0.2, -0.15) is 0 Å². The van der Waals surface area contributed by atoms with Crippen LogP contribution in [0.25, 0.3) is 109 Å². The number of rotatable bonds is 4. The van der Waals surface area contributed by atoms with Crippen LogP contribution in [-0.2, 0) is 0 Å². The van der Waals surface area contributed by atoms with Gasteiger partial charge in [0, 0.05) is 42.2 Å². The smallest absolute Gasteiger partial charge is 0.164 e. The number of benzene rings is 9. The van der Waals surface area contributed by atoms with Gasteiger partial charge >= 0.3 is 0 Å². The van der Waals surface area contributed by atoms with Crippen LogP contribution < -0.4 is 0 Å². The van der Waals surface area contributed by atoms with Crippen LogP contribution >= 0.6 is 11.3 Å². The zero-order valence-electron chi connectivity index (χ0n) is 28.5. The number of hydrogen-bond acceptors (Lipinski definition) is 4. The molecule has 3 nitrogen and oxygen atoms in total. The molecule has 0 radical (unpaired) electrons. The molecule has 0 spiro atoms. The van der Waals surface area contributed by atoms with E-state index in [9.17, 15) is 0 Å². The highest BCUT2D eigenvalue weighted by molar-refractivity contribution is 7.27. The van der Waals surface area contributed by atoms with Crippen molar-refractivity contribution in [2.24, 2.45) is 0 Å². The van der Waals surface area contributed by atoms with Gasteiger partial charge in [-0.25, -0.2) is 15.0 Å². The van der Waals surface area contributed by atoms with E-state index in [1.165, 1.54) is 57.9 Å². The van der Waals surface area contributed by atoms with E-state index in [4.69, 9.17) is 15.0 Å². The predicted octanol–water partition coefficient (Wildman–Crippen LogP) is 13.5. The first-order chi connectivity index (χ1) is 26.3. The van der Waals surface area contributed by atoms with E-state index in [0.29, 0.717) is 17.5 Å². The average Bonchev–Trinajstić information content (AvgIpc) is 3.63. The van der Waals surface area contributed by atoms with Crippen molar-refractivity contribution < 1.29 is 0 Å². The Kier molecular flexibility index (Phi) is 6.73. The first kappa shape index (κ1) is 29.9. The molecule has 11 rings (SSSR count). The zero-order chi connectivity index (χ0) is 34.9. The van der Waals surface area contributed by atoms with Crippen LogP contribution in [0.1, 0.15) is 0 Å². The summed E-state index contributed by atoms with van der Waals surface area (Å²) in [5.74, 6) is 1.96. The molecule has 0 fully saturated rings. The number of thiophene rings is 1. The van der Waals surface area contributed by atoms with E-state index in [1.807, 2.05) is 29.5 Å². The van der Waals surface area contributed by atoms with Crippen molar-refractivity contribution in [1.82, 2.24) is 15.0 Å². The van der Waals surface area contributed by atoms with Crippen molar-refractivity contribution in [1.29, 1.82) is 0 Å². The van der Waals surface area contributed by atoms with Gasteiger partial charge in [0.2, 0.25) is 0 Å². The van der Waals surface area contributed by atoms with Crippen LogP contribution in [0.15, 0.2) is 176 Å². The summed E-state index contributed by atoms with van der Waals surface area (Å²) >= 11 is 1.88. The van der Waals surface area contributed by atoms with E-state index < -0.39 is 0 Å². The molecule has 0 amide bonds. The second kappa shape index (κ2) is 11.9. The largest absolute Gasteiger partial charge is 0.208 e. The molecule has 0 aliphatic carbocycles. The summed E-state index contributed by atoms with van der Waals surface area (Å²) < 4.78 is 2.53. The Morgan fingerprint density at radius 3 is 1.64 bits per heavy atom. The van der Waals surface area contributed by atoms with Crippen molar-refractivity contribution in [2.75, 3.05) is 0 Å². The maximum absolute atomic E-state index is 5.39. The van der Waals surface area contributed by atoms with Gasteiger partial charge < -0.3 is 0 Å². The lowest BCUT2D eigenvalue weighted by Crippen LogP contribution is -2.01. The minimum Gasteiger partial charge on any atom is -0.208 e. The van der Waals surface area contributed by atoms with Crippen LogP contribution in [-0.4, -0.2) is 15.0 Å². The maximum atomic E-state index is 5.39. The van der Waals surface area contributed by atoms with Gasteiger partial charge in [-0.3, -0.25) is 0 Å². The Morgan fingerprint density at radius 2 is 0.868 bits per heavy atom. The van der Waals surface area contributed by atoms with Crippen LogP contribution in [0.4, 0.5) is 0 Å². The van der Waals surface area contributed by atoms with Gasteiger partial charge in [0.05, 0.1) is 0 Å². The predicted molar refractivity (Wildman–Crippen MR) is 224 cm³/mol. The van der Waals surface area contributed by atoms with E-state index in [-0.39, 0.29) is 0 Å². The van der Waals surface area contributed by atoms with E-state index in [0.717, 1.165) is 33.2 Å². The molecule has 9 aromatic carbocycles. The monoisotopic (exact) mass is 691 g/mol. The van der Waals surface area contributed by atoms with Gasteiger partial charge in [-0.1, -0.05) is 158 Å². The van der Waals surface area contributed by atoms with Crippen molar-refractivity contribution in [3.8, 4) is 45.3 Å². The minimum atomic E-state index is 0.647. The van der Waals surface area contributed by atoms with Crippen LogP contribution in [0, 0.1) is 0 Å². The third-order valence-corrected chi connectivity index (χ3v) is 11.7. The Labute approximate surface area is 309 Å². The normalized spacial score (nSPS) is 11.8. The highest BCUT2D eigenvalue weighted by atomic mass is 32.1. The van der Waals surface area contributed by atoms with Crippen LogP contribution in [0.5, 0.6) is 0 Å². The maximum Gasteiger partial charge on any atom is 0.164 e. The summed E-state index contributed by atoms with van der Waals surface area (Å²) in [7, 11) is 0. The van der Waals surface area contributed by atoms with E-state index >= 15 is 0 Å². The van der Waals surface area contributed by atoms with Gasteiger partial charge in [0.15, 0.2) is 17.5 Å². The Hall–Kier alpha value is -6.75. The summed E-state index contributed by atoms with van der Waals surface area (Å²) in [6.07, 6.45) is 0. The van der Waals surface area contributed by atoms with E-state index in [1.54, 1.807) is 0 Å². The topological polar surface area (TPSA) is 38.7 Å². The second-order valence-corrected chi connectivity index (χ2v) is 14.6. The number of aromatic nitrogens is 3. The third-order valence-electron chi connectivity index (χ3n) is 10.5. The molecule has 0 atom stereocenters. The van der Waals surface area contributed by atoms with Gasteiger partial charge in [-0.15, -0.1) is 11.3 Å². The van der Waals surface area contributed by atoms with Crippen molar-refractivity contribution in [3.05, 3.63) is 176 Å². The van der Waals surface area contributed by atoms with Crippen molar-refractivity contribution in [2.45, 2.75) is 0 Å². The fourth-order valence-corrected chi connectivity index (χ4v) is 9.40. The average molecular weight is 692 g/mol. The second-order valence-electron chi connectivity index (χ2n) is 13.6. The highest BCUT2D eigenvalue weighted by Gasteiger charge is 2.21. The van der Waals surface area contributed by atoms with E-state index in [2.05, 4.69) is 158 Å². The minimum absolute atomic E-state index is 0.647. The van der Waals surface area contributed by atoms with Gasteiger partial charge in [-0.05, 0) is 67.0 Å². The molecule has 11 aromatic rings. The number of hydrogen-bond donors (Lipinski definition) is 0. The lowest BCUT2D eigenvalue weighted by Gasteiger charge is -2.14. The fraction of sp³-hybridized carbons (Fsp3) is 0. The molecule has 0 aliphatic rings. The molecule has 0 aliphatic heterocycles. The molecule has 4 heteroatoms. The van der Waals surface area contributed by atoms with Crippen LogP contribution in [0.2, 0.25) is 0 Å². The molecule has 0 unspecified atom stereocenters. The Bertz CT molecular complexity index is 3220. The molecule has 2 aromatic heterocycles. The summed E-state index contributed by atoms with van der Waals surface area (Å²) in [5.41, 5.74) is 5.22. The fourth-order valence-electron chi connectivity index (χ4n) is 7.97. The molecule has 246 valence electrons. The standard InChI is InChI=1S/C49H29N3S/c1-3-13-30(14-4-1)41-29-36(27-34-19-9-10-20-37(34)41)48-50-47(33-17-5-2-6-18-33)51-49(52-48)42-28-35-24-23-31-15-7-11-21-38(31)43(35)46-44(42)40-26-25-32-16-8-12-22-39(32)45(40)53-46/h1-29H. The summed E-state index contributed by atoms with van der Waals surface area (Å²) in [5, 5.41) is 12.2. The molecule has 0 saturated carbocycles. The lowest BCUT2D eigenvalue weighted by molar-refractivity contribution is 1.08. The molecular formula is C49H29N3S. The van der Waals surface area contributed by atoms with Crippen molar-refractivity contribution >= 4 is 74.6 Å². The number of fused-ring (bicyclic) bond motifs is 10. The Balaban J connectivity index is 1.26. The molecule has 0 bridgehead atoms. The number of nitrogens with zero attached hydrogens (tertiary/aromatic N) is 3. The molecular weight excluding hydrogens is 663 g/mol. The lowest BCUT2D eigenvalue weighted by atomic mass is 9.94. The van der Waals surface area contributed by atoms with Gasteiger partial charge in [0.1, 0.15) is 0 Å². The molecule has 0 N–H and O–H groups in total. The SMILES string of the molecule is c1ccc(-c2nc(-c3cc(-c4ccccc4)c4ccccc4c3)nc(-c3cc4ccc5ccccc5c4c4sc5c6ccccc6ccc5c34)n2)cc1. The highest BCUT2D eigenvalue weighted by Crippen LogP contribution is 2.47. The Morgan fingerprint density at radius 1 is 0.302 bits per heavy atom. The first-order valence-corrected chi connectivity index (χ1v) is 18.7. The molecule has 0 saturated heterocycles. The summed E-state index contributed by atoms with van der Waals surface area (Å²) in [6, 6.07) is 62.6. The molecule has 2 heterocycles. The third kappa shape index (κ3) is 4.84. The van der Waals surface area contributed by atoms with Gasteiger partial charge in [0.25, 0.3) is 0 Å². The zero-order valence-corrected chi connectivity index (χ0v) is 29.3. The first-order valence-electron chi connectivity index (χ1n) is 17.9. The summed E-state index contributed by atoms with van der Waals surface area (Å²) in [6.45, 7) is 0. The summed E-state index contributed by atoms with van der Waals surface area (Å²) in [4.78, 5) is 15.9.